The van der Waals surface area contributed by atoms with Gasteiger partial charge in [-0.2, -0.15) is 0 Å². The van der Waals surface area contributed by atoms with Gasteiger partial charge in [-0.15, -0.1) is 0 Å². The zero-order chi connectivity index (χ0) is 16.3. The van der Waals surface area contributed by atoms with E-state index in [4.69, 9.17) is 10.2 Å². The number of pyridine rings is 1. The first-order valence-corrected chi connectivity index (χ1v) is 7.33. The van der Waals surface area contributed by atoms with E-state index in [1.807, 2.05) is 33.0 Å². The monoisotopic (exact) mass is 289 g/mol. The molecule has 2 N–H and O–H groups in total. The van der Waals surface area contributed by atoms with Crippen LogP contribution < -0.4 is 0 Å². The lowest BCUT2D eigenvalue weighted by Gasteiger charge is -2.07. The van der Waals surface area contributed by atoms with Crippen LogP contribution in [-0.2, 0) is 0 Å². The molecule has 0 radical (unpaired) electrons. The van der Waals surface area contributed by atoms with Crippen LogP contribution in [-0.4, -0.2) is 22.0 Å². The van der Waals surface area contributed by atoms with Gasteiger partial charge in [0.05, 0.1) is 0 Å². The number of benzene rings is 1. The van der Waals surface area contributed by atoms with Gasteiger partial charge in [0.2, 0.25) is 0 Å². The largest absolute Gasteiger partial charge is 0.371 e. The van der Waals surface area contributed by atoms with Crippen molar-refractivity contribution in [2.45, 2.75) is 40.5 Å². The average molecular weight is 289 g/mol. The van der Waals surface area contributed by atoms with Crippen LogP contribution in [0.3, 0.4) is 0 Å². The van der Waals surface area contributed by atoms with Crippen LogP contribution in [0, 0.1) is 6.92 Å². The van der Waals surface area contributed by atoms with E-state index in [-0.39, 0.29) is 0 Å². The number of hydrogen-bond donors (Lipinski definition) is 2. The van der Waals surface area contributed by atoms with E-state index in [0.29, 0.717) is 5.92 Å². The molecule has 0 aliphatic heterocycles. The Labute approximate surface area is 128 Å². The Balaban J connectivity index is 0.000000713. The fourth-order valence-electron chi connectivity index (χ4n) is 1.70. The van der Waals surface area contributed by atoms with E-state index >= 15 is 0 Å². The summed E-state index contributed by atoms with van der Waals surface area (Å²) in [4.78, 5) is 4.31. The van der Waals surface area contributed by atoms with E-state index in [1.54, 1.807) is 0 Å². The molecule has 1 aromatic carbocycles. The third-order valence-corrected chi connectivity index (χ3v) is 2.82. The molecule has 0 amide bonds. The molecule has 0 fully saturated rings. The molecule has 0 spiro atoms. The van der Waals surface area contributed by atoms with Gasteiger partial charge < -0.3 is 10.2 Å². The SMILES string of the molecule is CC.Cc1ccc(-c2ccc(C(C)C)cc2)cn1.OCO. The number of aliphatic hydroxyl groups excluding tert-OH is 1. The molecule has 0 aliphatic rings. The molecule has 21 heavy (non-hydrogen) atoms. The van der Waals surface area contributed by atoms with E-state index in [9.17, 15) is 0 Å². The molecule has 3 nitrogen and oxygen atoms in total. The average Bonchev–Trinajstić information content (AvgIpc) is 2.51. The number of hydrogen-bond acceptors (Lipinski definition) is 3. The second kappa shape index (κ2) is 11.0. The van der Waals surface area contributed by atoms with E-state index < -0.39 is 6.79 Å². The minimum Gasteiger partial charge on any atom is -0.371 e. The standard InChI is InChI=1S/C15H17N.C2H6.CH4O2/c1-11(2)13-6-8-14(9-7-13)15-5-4-12(3)16-10-15;1-2;2-1-3/h4-11H,1-3H3;1-2H3;2-3H,1H2. The van der Waals surface area contributed by atoms with Gasteiger partial charge in [-0.05, 0) is 30.0 Å². The highest BCUT2D eigenvalue weighted by Crippen LogP contribution is 2.21. The number of rotatable bonds is 2. The number of aliphatic hydroxyl groups is 2. The fraction of sp³-hybridized carbons (Fsp3) is 0.389. The van der Waals surface area contributed by atoms with Gasteiger partial charge in [-0.1, -0.05) is 58.0 Å². The lowest BCUT2D eigenvalue weighted by atomic mass is 9.99. The third-order valence-electron chi connectivity index (χ3n) is 2.82. The molecule has 0 saturated heterocycles. The molecule has 1 aromatic heterocycles. The molecule has 1 heterocycles. The summed E-state index contributed by atoms with van der Waals surface area (Å²) >= 11 is 0. The Kier molecular flexibility index (Phi) is 10.1. The molecule has 0 saturated carbocycles. The molecule has 0 atom stereocenters. The smallest absolute Gasteiger partial charge is 0.140 e. The van der Waals surface area contributed by atoms with Crippen molar-refractivity contribution in [3.8, 4) is 11.1 Å². The fourth-order valence-corrected chi connectivity index (χ4v) is 1.70. The lowest BCUT2D eigenvalue weighted by Crippen LogP contribution is -1.87. The molecule has 0 bridgehead atoms. The first-order valence-electron chi connectivity index (χ1n) is 7.33. The Hall–Kier alpha value is -1.71. The van der Waals surface area contributed by atoms with Crippen LogP contribution in [0.2, 0.25) is 0 Å². The van der Waals surface area contributed by atoms with Crippen LogP contribution in [0.25, 0.3) is 11.1 Å². The third kappa shape index (κ3) is 7.02. The first-order chi connectivity index (χ1) is 10.1. The maximum absolute atomic E-state index is 7.12. The minimum atomic E-state index is -0.750. The Morgan fingerprint density at radius 3 is 1.76 bits per heavy atom. The van der Waals surface area contributed by atoms with Gasteiger partial charge in [0.25, 0.3) is 0 Å². The van der Waals surface area contributed by atoms with E-state index in [1.165, 1.54) is 16.7 Å². The maximum Gasteiger partial charge on any atom is 0.140 e. The van der Waals surface area contributed by atoms with Crippen molar-refractivity contribution in [2.75, 3.05) is 6.79 Å². The Bertz CT molecular complexity index is 476. The summed E-state index contributed by atoms with van der Waals surface area (Å²) in [5.74, 6) is 0.588. The van der Waals surface area contributed by atoms with Gasteiger partial charge in [0, 0.05) is 17.5 Å². The number of nitrogens with zero attached hydrogens (tertiary/aromatic N) is 1. The van der Waals surface area contributed by atoms with Crippen LogP contribution in [0.5, 0.6) is 0 Å². The van der Waals surface area contributed by atoms with Crippen molar-refractivity contribution >= 4 is 0 Å². The van der Waals surface area contributed by atoms with E-state index in [0.717, 1.165) is 5.69 Å². The second-order valence-corrected chi connectivity index (χ2v) is 4.61. The zero-order valence-corrected chi connectivity index (χ0v) is 13.7. The van der Waals surface area contributed by atoms with Gasteiger partial charge in [0.1, 0.15) is 6.79 Å². The van der Waals surface area contributed by atoms with Crippen LogP contribution in [0.15, 0.2) is 42.6 Å². The van der Waals surface area contributed by atoms with Gasteiger partial charge in [0.15, 0.2) is 0 Å². The summed E-state index contributed by atoms with van der Waals surface area (Å²) in [6.07, 6.45) is 1.93. The highest BCUT2D eigenvalue weighted by Gasteiger charge is 2.00. The zero-order valence-electron chi connectivity index (χ0n) is 13.7. The Morgan fingerprint density at radius 1 is 0.905 bits per heavy atom. The highest BCUT2D eigenvalue weighted by molar-refractivity contribution is 5.62. The normalized spacial score (nSPS) is 9.33. The molecular formula is C18H27NO2. The summed E-state index contributed by atoms with van der Waals surface area (Å²) in [5.41, 5.74) is 4.85. The molecule has 0 unspecified atom stereocenters. The van der Waals surface area contributed by atoms with Crippen LogP contribution in [0.1, 0.15) is 44.9 Å². The summed E-state index contributed by atoms with van der Waals surface area (Å²) in [7, 11) is 0. The molecular weight excluding hydrogens is 262 g/mol. The van der Waals surface area contributed by atoms with Crippen molar-refractivity contribution in [3.05, 3.63) is 53.9 Å². The van der Waals surface area contributed by atoms with Crippen LogP contribution >= 0.6 is 0 Å². The molecule has 2 aromatic rings. The predicted molar refractivity (Wildman–Crippen MR) is 89.2 cm³/mol. The second-order valence-electron chi connectivity index (χ2n) is 4.61. The van der Waals surface area contributed by atoms with Crippen molar-refractivity contribution in [3.63, 3.8) is 0 Å². The topological polar surface area (TPSA) is 53.4 Å². The molecule has 2 rings (SSSR count). The summed E-state index contributed by atoms with van der Waals surface area (Å²) in [5, 5.41) is 14.2. The summed E-state index contributed by atoms with van der Waals surface area (Å²) in [6.45, 7) is 9.68. The van der Waals surface area contributed by atoms with Crippen LogP contribution in [0.4, 0.5) is 0 Å². The molecule has 3 heteroatoms. The summed E-state index contributed by atoms with van der Waals surface area (Å²) in [6, 6.07) is 12.9. The predicted octanol–water partition coefficient (Wildman–Crippen LogP) is 4.14. The van der Waals surface area contributed by atoms with Gasteiger partial charge in [-0.25, -0.2) is 0 Å². The number of aromatic nitrogens is 1. The van der Waals surface area contributed by atoms with Crippen molar-refractivity contribution in [1.82, 2.24) is 4.98 Å². The lowest BCUT2D eigenvalue weighted by molar-refractivity contribution is 0.0773. The van der Waals surface area contributed by atoms with Crippen molar-refractivity contribution in [1.29, 1.82) is 0 Å². The molecule has 0 aliphatic carbocycles. The quantitative estimate of drug-likeness (QED) is 0.817. The van der Waals surface area contributed by atoms with Gasteiger partial charge in [-0.3, -0.25) is 4.98 Å². The molecule has 116 valence electrons. The number of aryl methyl sites for hydroxylation is 1. The first kappa shape index (κ1) is 19.3. The Morgan fingerprint density at radius 2 is 1.38 bits per heavy atom. The minimum absolute atomic E-state index is 0.588. The van der Waals surface area contributed by atoms with E-state index in [2.05, 4.69) is 49.2 Å². The van der Waals surface area contributed by atoms with Crippen molar-refractivity contribution < 1.29 is 10.2 Å². The van der Waals surface area contributed by atoms with Crippen molar-refractivity contribution in [2.24, 2.45) is 0 Å². The summed E-state index contributed by atoms with van der Waals surface area (Å²) < 4.78 is 0. The highest BCUT2D eigenvalue weighted by atomic mass is 16.5. The maximum atomic E-state index is 7.12. The van der Waals surface area contributed by atoms with Gasteiger partial charge >= 0.3 is 0 Å².